The van der Waals surface area contributed by atoms with Gasteiger partial charge in [0.25, 0.3) is 0 Å². The Kier molecular flexibility index (Phi) is 5.71. The Labute approximate surface area is 84.9 Å². The lowest BCUT2D eigenvalue weighted by Crippen LogP contribution is -2.42. The summed E-state index contributed by atoms with van der Waals surface area (Å²) >= 11 is 5.65. The van der Waals surface area contributed by atoms with Crippen molar-refractivity contribution in [2.45, 2.75) is 31.7 Å². The molecule has 0 aromatic carbocycles. The lowest BCUT2D eigenvalue weighted by molar-refractivity contribution is 0.0525. The first-order valence-corrected chi connectivity index (χ1v) is 5.51. The summed E-state index contributed by atoms with van der Waals surface area (Å²) in [7, 11) is 0. The van der Waals surface area contributed by atoms with E-state index in [0.717, 1.165) is 44.8 Å². The highest BCUT2D eigenvalue weighted by Crippen LogP contribution is 2.21. The zero-order valence-electron chi connectivity index (χ0n) is 7.97. The maximum Gasteiger partial charge on any atom is 0.0469 e. The van der Waals surface area contributed by atoms with Crippen LogP contribution in [0.25, 0.3) is 0 Å². The fourth-order valence-electron chi connectivity index (χ4n) is 1.87. The maximum atomic E-state index is 5.65. The van der Waals surface area contributed by atoms with Crippen LogP contribution in [0.5, 0.6) is 0 Å². The summed E-state index contributed by atoms with van der Waals surface area (Å²) in [6.07, 6.45) is 4.35. The summed E-state index contributed by atoms with van der Waals surface area (Å²) in [4.78, 5) is 0. The predicted octanol–water partition coefficient (Wildman–Crippen LogP) is 1.26. The van der Waals surface area contributed by atoms with E-state index in [-0.39, 0.29) is 0 Å². The van der Waals surface area contributed by atoms with Gasteiger partial charge in [-0.15, -0.1) is 11.6 Å². The molecule has 1 heterocycles. The molecule has 0 amide bonds. The average Bonchev–Trinajstić information content (AvgIpc) is 2.21. The number of hydrogen-bond donors (Lipinski definition) is 2. The monoisotopic (exact) mass is 206 g/mol. The molecule has 13 heavy (non-hydrogen) atoms. The summed E-state index contributed by atoms with van der Waals surface area (Å²) in [5.41, 5.74) is 2.89. The van der Waals surface area contributed by atoms with Crippen molar-refractivity contribution in [3.05, 3.63) is 0 Å². The molecule has 0 radical (unpaired) electrons. The van der Waals surface area contributed by atoms with Crippen LogP contribution >= 0.6 is 11.6 Å². The average molecular weight is 207 g/mol. The van der Waals surface area contributed by atoms with Crippen LogP contribution in [0.3, 0.4) is 0 Å². The molecule has 0 spiro atoms. The van der Waals surface area contributed by atoms with Crippen molar-refractivity contribution in [3.8, 4) is 0 Å². The van der Waals surface area contributed by atoms with E-state index in [2.05, 4.69) is 5.43 Å². The molecule has 1 fully saturated rings. The molecule has 78 valence electrons. The van der Waals surface area contributed by atoms with Crippen LogP contribution in [-0.2, 0) is 4.74 Å². The Bertz CT molecular complexity index is 129. The molecular weight excluding hydrogens is 188 g/mol. The first-order valence-electron chi connectivity index (χ1n) is 4.98. The third-order valence-corrected chi connectivity index (χ3v) is 2.97. The zero-order valence-corrected chi connectivity index (χ0v) is 8.72. The standard InChI is InChI=1S/C9H19ClN2O/c10-5-1-2-9(12-11)8-3-6-13-7-4-8/h8-9,12H,1-7,11H2. The minimum Gasteiger partial charge on any atom is -0.381 e. The van der Waals surface area contributed by atoms with Gasteiger partial charge in [-0.05, 0) is 31.6 Å². The van der Waals surface area contributed by atoms with Crippen molar-refractivity contribution >= 4 is 11.6 Å². The van der Waals surface area contributed by atoms with Crippen molar-refractivity contribution in [1.82, 2.24) is 5.43 Å². The summed E-state index contributed by atoms with van der Waals surface area (Å²) in [6.45, 7) is 1.76. The van der Waals surface area contributed by atoms with Gasteiger partial charge in [0.1, 0.15) is 0 Å². The normalized spacial score (nSPS) is 21.7. The second kappa shape index (κ2) is 6.60. The van der Waals surface area contributed by atoms with Crippen LogP contribution in [-0.4, -0.2) is 25.1 Å². The smallest absolute Gasteiger partial charge is 0.0469 e. The van der Waals surface area contributed by atoms with Gasteiger partial charge in [-0.3, -0.25) is 11.3 Å². The van der Waals surface area contributed by atoms with Crippen molar-refractivity contribution < 1.29 is 4.74 Å². The lowest BCUT2D eigenvalue weighted by Gasteiger charge is -2.29. The molecule has 4 heteroatoms. The number of nitrogens with one attached hydrogen (secondary N) is 1. The Hall–Kier alpha value is 0.170. The number of nitrogens with two attached hydrogens (primary N) is 1. The van der Waals surface area contributed by atoms with Gasteiger partial charge in [-0.1, -0.05) is 0 Å². The number of rotatable bonds is 5. The Morgan fingerprint density at radius 1 is 1.46 bits per heavy atom. The maximum absolute atomic E-state index is 5.65. The van der Waals surface area contributed by atoms with Crippen LogP contribution < -0.4 is 11.3 Å². The Morgan fingerprint density at radius 2 is 2.15 bits per heavy atom. The molecule has 0 saturated carbocycles. The second-order valence-corrected chi connectivity index (χ2v) is 3.93. The quantitative estimate of drug-likeness (QED) is 0.405. The third-order valence-electron chi connectivity index (χ3n) is 2.70. The highest BCUT2D eigenvalue weighted by Gasteiger charge is 2.22. The number of hydrogen-bond acceptors (Lipinski definition) is 3. The predicted molar refractivity (Wildman–Crippen MR) is 54.6 cm³/mol. The SMILES string of the molecule is NNC(CCCCl)C1CCOCC1. The molecule has 0 aromatic heterocycles. The molecule has 1 rings (SSSR count). The molecular formula is C9H19ClN2O. The molecule has 0 aromatic rings. The van der Waals surface area contributed by atoms with Crippen LogP contribution in [0.4, 0.5) is 0 Å². The van der Waals surface area contributed by atoms with Crippen molar-refractivity contribution in [3.63, 3.8) is 0 Å². The van der Waals surface area contributed by atoms with E-state index in [1.54, 1.807) is 0 Å². The number of ether oxygens (including phenoxy) is 1. The van der Waals surface area contributed by atoms with Crippen LogP contribution in [0.1, 0.15) is 25.7 Å². The van der Waals surface area contributed by atoms with E-state index in [9.17, 15) is 0 Å². The summed E-state index contributed by atoms with van der Waals surface area (Å²) in [6, 6.07) is 0.419. The molecule has 0 bridgehead atoms. The molecule has 1 saturated heterocycles. The van der Waals surface area contributed by atoms with E-state index in [1.165, 1.54) is 0 Å². The molecule has 3 N–H and O–H groups in total. The number of alkyl halides is 1. The fraction of sp³-hybridized carbons (Fsp3) is 1.00. The minimum absolute atomic E-state index is 0.419. The second-order valence-electron chi connectivity index (χ2n) is 3.55. The largest absolute Gasteiger partial charge is 0.381 e. The summed E-state index contributed by atoms with van der Waals surface area (Å²) in [5.74, 6) is 6.90. The van der Waals surface area contributed by atoms with E-state index < -0.39 is 0 Å². The third kappa shape index (κ3) is 3.81. The number of hydrazine groups is 1. The van der Waals surface area contributed by atoms with E-state index in [0.29, 0.717) is 12.0 Å². The zero-order chi connectivity index (χ0) is 9.52. The number of halogens is 1. The van der Waals surface area contributed by atoms with Gasteiger partial charge in [-0.2, -0.15) is 0 Å². The van der Waals surface area contributed by atoms with Gasteiger partial charge >= 0.3 is 0 Å². The van der Waals surface area contributed by atoms with Gasteiger partial charge in [0.05, 0.1) is 0 Å². The first kappa shape index (κ1) is 11.2. The highest BCUT2D eigenvalue weighted by atomic mass is 35.5. The van der Waals surface area contributed by atoms with E-state index in [1.807, 2.05) is 0 Å². The van der Waals surface area contributed by atoms with Crippen molar-refractivity contribution in [2.75, 3.05) is 19.1 Å². The lowest BCUT2D eigenvalue weighted by atomic mass is 9.89. The van der Waals surface area contributed by atoms with Crippen molar-refractivity contribution in [2.24, 2.45) is 11.8 Å². The van der Waals surface area contributed by atoms with Gasteiger partial charge in [0, 0.05) is 25.1 Å². The molecule has 1 aliphatic heterocycles. The fourth-order valence-corrected chi connectivity index (χ4v) is 2.02. The van der Waals surface area contributed by atoms with Crippen molar-refractivity contribution in [1.29, 1.82) is 0 Å². The Balaban J connectivity index is 2.26. The van der Waals surface area contributed by atoms with E-state index >= 15 is 0 Å². The minimum atomic E-state index is 0.419. The van der Waals surface area contributed by atoms with Gasteiger partial charge in [-0.25, -0.2) is 0 Å². The topological polar surface area (TPSA) is 47.3 Å². The van der Waals surface area contributed by atoms with Gasteiger partial charge < -0.3 is 4.74 Å². The van der Waals surface area contributed by atoms with Crippen LogP contribution in [0.15, 0.2) is 0 Å². The summed E-state index contributed by atoms with van der Waals surface area (Å²) < 4.78 is 5.30. The molecule has 3 nitrogen and oxygen atoms in total. The first-order chi connectivity index (χ1) is 6.38. The van der Waals surface area contributed by atoms with Gasteiger partial charge in [0.2, 0.25) is 0 Å². The highest BCUT2D eigenvalue weighted by molar-refractivity contribution is 6.17. The van der Waals surface area contributed by atoms with Gasteiger partial charge in [0.15, 0.2) is 0 Å². The van der Waals surface area contributed by atoms with E-state index in [4.69, 9.17) is 22.2 Å². The molecule has 0 aliphatic carbocycles. The molecule has 1 aliphatic rings. The van der Waals surface area contributed by atoms with Crippen LogP contribution in [0, 0.1) is 5.92 Å². The van der Waals surface area contributed by atoms with Crippen LogP contribution in [0.2, 0.25) is 0 Å². The Morgan fingerprint density at radius 3 is 2.69 bits per heavy atom. The molecule has 1 unspecified atom stereocenters. The molecule has 1 atom stereocenters. The summed E-state index contributed by atoms with van der Waals surface area (Å²) in [5, 5.41) is 0.